The van der Waals surface area contributed by atoms with Gasteiger partial charge in [0, 0.05) is 16.7 Å². The number of aryl methyl sites for hydroxylation is 2. The number of hydrogen-bond donors (Lipinski definition) is 0. The van der Waals surface area contributed by atoms with Crippen LogP contribution in [0.2, 0.25) is 0 Å². The Kier molecular flexibility index (Phi) is 11.8. The van der Waals surface area contributed by atoms with Crippen LogP contribution in [0.5, 0.6) is 5.75 Å². The lowest BCUT2D eigenvalue weighted by atomic mass is 9.97. The van der Waals surface area contributed by atoms with Gasteiger partial charge < -0.3 is 18.9 Å². The second kappa shape index (κ2) is 15.1. The van der Waals surface area contributed by atoms with E-state index in [1.54, 1.807) is 103 Å². The van der Waals surface area contributed by atoms with E-state index in [4.69, 9.17) is 18.9 Å². The van der Waals surface area contributed by atoms with Crippen LogP contribution in [0.4, 0.5) is 4.79 Å². The largest absolute Gasteiger partial charge is 0.496 e. The first kappa shape index (κ1) is 37.3. The smallest absolute Gasteiger partial charge is 0.440 e. The number of imide groups is 1. The van der Waals surface area contributed by atoms with Crippen molar-refractivity contribution >= 4 is 29.8 Å². The van der Waals surface area contributed by atoms with Gasteiger partial charge in [-0.3, -0.25) is 14.4 Å². The maximum absolute atomic E-state index is 14.4. The summed E-state index contributed by atoms with van der Waals surface area (Å²) in [4.78, 5) is 69.3. The number of amides is 3. The number of methoxy groups -OCH3 is 1. The number of hydrazine groups is 1. The van der Waals surface area contributed by atoms with Crippen molar-refractivity contribution in [2.75, 3.05) is 7.11 Å². The summed E-state index contributed by atoms with van der Waals surface area (Å²) < 4.78 is 21.6. The second-order valence-electron chi connectivity index (χ2n) is 13.4. The molecule has 0 aromatic heterocycles. The fourth-order valence-corrected chi connectivity index (χ4v) is 4.69. The molecule has 0 spiro atoms. The summed E-state index contributed by atoms with van der Waals surface area (Å²) in [7, 11) is 1.43. The molecule has 0 fully saturated rings. The molecular formula is C37H44N2O9. The van der Waals surface area contributed by atoms with Gasteiger partial charge >= 0.3 is 24.3 Å². The number of carbonyl (C=O) groups excluding carboxylic acids is 5. The number of ether oxygens (including phenoxy) is 4. The van der Waals surface area contributed by atoms with Crippen LogP contribution in [0.25, 0.3) is 0 Å². The quantitative estimate of drug-likeness (QED) is 0.147. The maximum atomic E-state index is 14.4. The summed E-state index contributed by atoms with van der Waals surface area (Å²) in [6.45, 7) is 14.6. The monoisotopic (exact) mass is 660 g/mol. The Morgan fingerprint density at radius 2 is 1.35 bits per heavy atom. The Morgan fingerprint density at radius 1 is 0.750 bits per heavy atom. The minimum absolute atomic E-state index is 0.0173. The molecule has 3 aromatic carbocycles. The van der Waals surface area contributed by atoms with Crippen molar-refractivity contribution in [3.8, 4) is 5.75 Å². The molecule has 11 nitrogen and oxygen atoms in total. The standard InChI is InChI=1S/C37H44N2O9/c1-23-19-24(2)21-27(20-23)30(40)39(37(7,8)9)38(31(41)28-17-14-18-29(45-10)25(28)3)35(44)48-33(47-34(43)36(4,5)6)32(42)46-22-26-15-12-11-13-16-26/h11-21,33H,22H2,1-10H3. The highest BCUT2D eigenvalue weighted by Gasteiger charge is 2.44. The molecule has 0 aliphatic carbocycles. The van der Waals surface area contributed by atoms with Crippen LogP contribution in [-0.2, 0) is 30.4 Å². The summed E-state index contributed by atoms with van der Waals surface area (Å²) >= 11 is 0. The lowest BCUT2D eigenvalue weighted by molar-refractivity contribution is -0.199. The molecule has 0 heterocycles. The molecule has 0 radical (unpaired) electrons. The third-order valence-electron chi connectivity index (χ3n) is 7.05. The van der Waals surface area contributed by atoms with E-state index in [1.165, 1.54) is 13.2 Å². The van der Waals surface area contributed by atoms with Gasteiger partial charge in [0.2, 0.25) is 0 Å². The molecule has 3 rings (SSSR count). The van der Waals surface area contributed by atoms with Gasteiger partial charge in [-0.05, 0) is 92.1 Å². The normalized spacial score (nSPS) is 12.0. The Bertz CT molecular complexity index is 1650. The lowest BCUT2D eigenvalue weighted by Crippen LogP contribution is -2.61. The Morgan fingerprint density at radius 3 is 1.90 bits per heavy atom. The topological polar surface area (TPSA) is 129 Å². The number of hydrogen-bond acceptors (Lipinski definition) is 9. The third-order valence-corrected chi connectivity index (χ3v) is 7.05. The fraction of sp³-hybridized carbons (Fsp3) is 0.378. The van der Waals surface area contributed by atoms with Crippen LogP contribution in [0.3, 0.4) is 0 Å². The van der Waals surface area contributed by atoms with E-state index in [0.717, 1.165) is 16.1 Å². The van der Waals surface area contributed by atoms with Gasteiger partial charge in [-0.2, -0.15) is 0 Å². The summed E-state index contributed by atoms with van der Waals surface area (Å²) in [6, 6.07) is 18.5. The average molecular weight is 661 g/mol. The molecule has 0 aliphatic heterocycles. The molecule has 0 aliphatic rings. The van der Waals surface area contributed by atoms with E-state index in [1.807, 2.05) is 19.9 Å². The predicted molar refractivity (Wildman–Crippen MR) is 178 cm³/mol. The Hall–Kier alpha value is -5.19. The summed E-state index contributed by atoms with van der Waals surface area (Å²) in [6.07, 6.45) is -3.67. The van der Waals surface area contributed by atoms with Crippen molar-refractivity contribution in [2.45, 2.75) is 80.7 Å². The predicted octanol–water partition coefficient (Wildman–Crippen LogP) is 6.71. The van der Waals surface area contributed by atoms with Crippen LogP contribution in [0, 0.1) is 26.2 Å². The van der Waals surface area contributed by atoms with Crippen LogP contribution < -0.4 is 4.74 Å². The van der Waals surface area contributed by atoms with Crippen molar-refractivity contribution in [1.29, 1.82) is 0 Å². The first-order valence-corrected chi connectivity index (χ1v) is 15.4. The van der Waals surface area contributed by atoms with E-state index in [2.05, 4.69) is 0 Å². The van der Waals surface area contributed by atoms with Gasteiger partial charge in [0.15, 0.2) is 0 Å². The van der Waals surface area contributed by atoms with Crippen LogP contribution in [0.1, 0.15) is 84.5 Å². The SMILES string of the molecule is COc1cccc(C(=O)N(C(=O)OC(OC(=O)C(C)(C)C)C(=O)OCc2ccccc2)N(C(=O)c2cc(C)cc(C)c2)C(C)(C)C)c1C. The van der Waals surface area contributed by atoms with Gasteiger partial charge in [0.25, 0.3) is 11.8 Å². The van der Waals surface area contributed by atoms with Gasteiger partial charge in [-0.1, -0.05) is 53.6 Å². The minimum atomic E-state index is -2.22. The minimum Gasteiger partial charge on any atom is -0.496 e. The van der Waals surface area contributed by atoms with Gasteiger partial charge in [0.1, 0.15) is 12.4 Å². The molecule has 3 aromatic rings. The van der Waals surface area contributed by atoms with Gasteiger partial charge in [-0.15, -0.1) is 5.01 Å². The average Bonchev–Trinajstić information content (AvgIpc) is 3.00. The number of rotatable bonds is 8. The molecule has 1 unspecified atom stereocenters. The van der Waals surface area contributed by atoms with Crippen molar-refractivity contribution in [3.05, 3.63) is 100 Å². The van der Waals surface area contributed by atoms with Crippen LogP contribution >= 0.6 is 0 Å². The number of nitrogens with zero attached hydrogens (tertiary/aromatic N) is 2. The summed E-state index contributed by atoms with van der Waals surface area (Å²) in [5.41, 5.74) is 0.486. The number of esters is 2. The molecular weight excluding hydrogens is 616 g/mol. The van der Waals surface area contributed by atoms with Gasteiger partial charge in [-0.25, -0.2) is 14.6 Å². The molecule has 256 valence electrons. The molecule has 0 saturated heterocycles. The molecule has 1 atom stereocenters. The highest BCUT2D eigenvalue weighted by atomic mass is 16.7. The first-order valence-electron chi connectivity index (χ1n) is 15.4. The van der Waals surface area contributed by atoms with Crippen LogP contribution in [-0.4, -0.2) is 58.8 Å². The zero-order chi connectivity index (χ0) is 36.0. The summed E-state index contributed by atoms with van der Waals surface area (Å²) in [5, 5.41) is 1.48. The number of benzene rings is 3. The molecule has 11 heteroatoms. The zero-order valence-electron chi connectivity index (χ0n) is 29.2. The molecule has 48 heavy (non-hydrogen) atoms. The third kappa shape index (κ3) is 9.21. The first-order chi connectivity index (χ1) is 22.3. The summed E-state index contributed by atoms with van der Waals surface area (Å²) in [5.74, 6) is -3.37. The van der Waals surface area contributed by atoms with Crippen molar-refractivity contribution in [1.82, 2.24) is 10.0 Å². The fourth-order valence-electron chi connectivity index (χ4n) is 4.69. The Labute approximate surface area is 281 Å². The van der Waals surface area contributed by atoms with Crippen molar-refractivity contribution in [3.63, 3.8) is 0 Å². The van der Waals surface area contributed by atoms with E-state index >= 15 is 0 Å². The van der Waals surface area contributed by atoms with Crippen molar-refractivity contribution in [2.24, 2.45) is 5.41 Å². The number of carbonyl (C=O) groups is 5. The van der Waals surface area contributed by atoms with E-state index < -0.39 is 47.1 Å². The van der Waals surface area contributed by atoms with E-state index in [0.29, 0.717) is 21.9 Å². The molecule has 0 N–H and O–H groups in total. The molecule has 0 saturated carbocycles. The van der Waals surface area contributed by atoms with Gasteiger partial charge in [0.05, 0.1) is 18.1 Å². The van der Waals surface area contributed by atoms with E-state index in [9.17, 15) is 24.0 Å². The highest BCUT2D eigenvalue weighted by molar-refractivity contribution is 6.07. The van der Waals surface area contributed by atoms with Crippen molar-refractivity contribution < 1.29 is 42.9 Å². The lowest BCUT2D eigenvalue weighted by Gasteiger charge is -2.41. The molecule has 0 bridgehead atoms. The van der Waals surface area contributed by atoms with E-state index in [-0.39, 0.29) is 17.7 Å². The highest BCUT2D eigenvalue weighted by Crippen LogP contribution is 2.28. The Balaban J connectivity index is 2.15. The second-order valence-corrected chi connectivity index (χ2v) is 13.4. The molecule has 3 amide bonds. The maximum Gasteiger partial charge on any atom is 0.440 e. The zero-order valence-corrected chi connectivity index (χ0v) is 29.2. The van der Waals surface area contributed by atoms with Crippen LogP contribution in [0.15, 0.2) is 66.7 Å².